The molecular formula is C20H38O5. The van der Waals surface area contributed by atoms with Crippen LogP contribution in [0.15, 0.2) is 12.2 Å². The van der Waals surface area contributed by atoms with Gasteiger partial charge >= 0.3 is 5.97 Å². The number of unbranched alkanes of at least 4 members (excludes halogenated alkanes) is 6. The van der Waals surface area contributed by atoms with Crippen LogP contribution in [0.3, 0.4) is 0 Å². The Morgan fingerprint density at radius 3 is 2.04 bits per heavy atom. The number of aliphatic hydroxyl groups is 3. The van der Waals surface area contributed by atoms with Crippen LogP contribution in [0.5, 0.6) is 0 Å². The molecule has 148 valence electrons. The van der Waals surface area contributed by atoms with Crippen molar-refractivity contribution in [2.75, 3.05) is 0 Å². The van der Waals surface area contributed by atoms with E-state index in [4.69, 9.17) is 5.11 Å². The van der Waals surface area contributed by atoms with Crippen molar-refractivity contribution >= 4 is 5.97 Å². The Labute approximate surface area is 152 Å². The van der Waals surface area contributed by atoms with Crippen molar-refractivity contribution < 1.29 is 25.2 Å². The van der Waals surface area contributed by atoms with E-state index in [0.717, 1.165) is 12.8 Å². The molecule has 0 aromatic heterocycles. The average molecular weight is 359 g/mol. The molecule has 0 radical (unpaired) electrons. The molecule has 0 saturated carbocycles. The van der Waals surface area contributed by atoms with Gasteiger partial charge in [0.25, 0.3) is 0 Å². The first kappa shape index (κ1) is 24.1. The maximum atomic E-state index is 11.0. The van der Waals surface area contributed by atoms with Gasteiger partial charge in [0.2, 0.25) is 0 Å². The Morgan fingerprint density at radius 2 is 1.48 bits per heavy atom. The number of aliphatic hydroxyl groups excluding tert-OH is 3. The van der Waals surface area contributed by atoms with Gasteiger partial charge in [-0.25, -0.2) is 0 Å². The number of carboxylic acid groups (broad SMARTS) is 1. The van der Waals surface area contributed by atoms with Crippen molar-refractivity contribution in [1.29, 1.82) is 0 Å². The maximum Gasteiger partial charge on any atom is 0.309 e. The van der Waals surface area contributed by atoms with Crippen LogP contribution in [0.25, 0.3) is 0 Å². The summed E-state index contributed by atoms with van der Waals surface area (Å²) in [5.41, 5.74) is -0.930. The van der Waals surface area contributed by atoms with E-state index < -0.39 is 29.7 Å². The van der Waals surface area contributed by atoms with Crippen LogP contribution in [0, 0.1) is 5.41 Å². The first-order chi connectivity index (χ1) is 11.7. The molecule has 0 fully saturated rings. The van der Waals surface area contributed by atoms with Gasteiger partial charge in [-0.3, -0.25) is 4.79 Å². The van der Waals surface area contributed by atoms with E-state index in [1.807, 2.05) is 0 Å². The highest BCUT2D eigenvalue weighted by Crippen LogP contribution is 2.24. The van der Waals surface area contributed by atoms with Crippen molar-refractivity contribution in [3.8, 4) is 0 Å². The Bertz CT molecular complexity index is 378. The lowest BCUT2D eigenvalue weighted by atomic mass is 9.86. The summed E-state index contributed by atoms with van der Waals surface area (Å²) in [6, 6.07) is 0. The predicted octanol–water partition coefficient (Wildman–Crippen LogP) is 3.66. The Hall–Kier alpha value is -0.910. The quantitative estimate of drug-likeness (QED) is 0.264. The lowest BCUT2D eigenvalue weighted by molar-refractivity contribution is -0.147. The third-order valence-corrected chi connectivity index (χ3v) is 4.67. The van der Waals surface area contributed by atoms with Gasteiger partial charge in [-0.2, -0.15) is 0 Å². The summed E-state index contributed by atoms with van der Waals surface area (Å²) in [5.74, 6) is -0.921. The van der Waals surface area contributed by atoms with Gasteiger partial charge in [-0.1, -0.05) is 64.0 Å². The molecule has 0 aromatic carbocycles. The Balaban J connectivity index is 3.94. The van der Waals surface area contributed by atoms with Gasteiger partial charge in [0, 0.05) is 0 Å². The van der Waals surface area contributed by atoms with E-state index in [0.29, 0.717) is 6.42 Å². The summed E-state index contributed by atoms with van der Waals surface area (Å²) >= 11 is 0. The number of aliphatic carboxylic acids is 1. The maximum absolute atomic E-state index is 11.0. The molecule has 25 heavy (non-hydrogen) atoms. The second-order valence-electron chi connectivity index (χ2n) is 7.65. The van der Waals surface area contributed by atoms with Crippen molar-refractivity contribution in [3.63, 3.8) is 0 Å². The Morgan fingerprint density at radius 1 is 0.920 bits per heavy atom. The average Bonchev–Trinajstić information content (AvgIpc) is 2.56. The normalized spacial score (nSPS) is 16.1. The zero-order valence-corrected chi connectivity index (χ0v) is 16.2. The van der Waals surface area contributed by atoms with Gasteiger partial charge in [-0.05, 0) is 33.1 Å². The van der Waals surface area contributed by atoms with Crippen molar-refractivity contribution in [2.24, 2.45) is 5.41 Å². The Kier molecular flexibility index (Phi) is 12.8. The molecule has 4 N–H and O–H groups in total. The molecule has 3 atom stereocenters. The molecule has 5 heteroatoms. The molecule has 0 amide bonds. The van der Waals surface area contributed by atoms with E-state index in [1.165, 1.54) is 44.3 Å². The van der Waals surface area contributed by atoms with Crippen LogP contribution < -0.4 is 0 Å². The highest BCUT2D eigenvalue weighted by Gasteiger charge is 2.28. The number of hydrogen-bond acceptors (Lipinski definition) is 4. The fraction of sp³-hybridized carbons (Fsp3) is 0.850. The minimum Gasteiger partial charge on any atom is -0.481 e. The molecule has 0 saturated heterocycles. The van der Waals surface area contributed by atoms with Crippen LogP contribution in [0.1, 0.15) is 85.0 Å². The van der Waals surface area contributed by atoms with Crippen LogP contribution in [0.4, 0.5) is 0 Å². The smallest absolute Gasteiger partial charge is 0.309 e. The lowest BCUT2D eigenvalue weighted by Gasteiger charge is -2.22. The first-order valence-corrected chi connectivity index (χ1v) is 9.66. The van der Waals surface area contributed by atoms with E-state index in [9.17, 15) is 20.1 Å². The topological polar surface area (TPSA) is 98.0 Å². The predicted molar refractivity (Wildman–Crippen MR) is 100 cm³/mol. The summed E-state index contributed by atoms with van der Waals surface area (Å²) in [4.78, 5) is 11.0. The SMILES string of the molecule is CCCCCCCCCC(O)/C=C/C(O)C(O)CCC(C)(C)C(=O)O. The van der Waals surface area contributed by atoms with Gasteiger partial charge in [0.1, 0.15) is 0 Å². The molecule has 0 aliphatic rings. The minimum absolute atomic E-state index is 0.193. The third kappa shape index (κ3) is 12.1. The molecule has 0 aliphatic heterocycles. The molecule has 0 aliphatic carbocycles. The van der Waals surface area contributed by atoms with E-state index >= 15 is 0 Å². The van der Waals surface area contributed by atoms with Gasteiger partial charge in [0.15, 0.2) is 0 Å². The van der Waals surface area contributed by atoms with Crippen LogP contribution in [-0.4, -0.2) is 44.7 Å². The molecule has 0 heterocycles. The molecule has 0 spiro atoms. The summed E-state index contributed by atoms with van der Waals surface area (Å²) in [6.07, 6.45) is 9.61. The lowest BCUT2D eigenvalue weighted by Crippen LogP contribution is -2.29. The summed E-state index contributed by atoms with van der Waals surface area (Å²) in [6.45, 7) is 5.38. The standard InChI is InChI=1S/C20H38O5/c1-4-5-6-7-8-9-10-11-16(21)12-13-17(22)18(23)14-15-20(2,3)19(24)25/h12-13,16-18,21-23H,4-11,14-15H2,1-3H3,(H,24,25)/b13-12+. The molecule has 0 bridgehead atoms. The van der Waals surface area contributed by atoms with Gasteiger partial charge in [0.05, 0.1) is 23.7 Å². The van der Waals surface area contributed by atoms with Crippen LogP contribution in [-0.2, 0) is 4.79 Å². The number of carboxylic acids is 1. The van der Waals surface area contributed by atoms with E-state index in [-0.39, 0.29) is 12.8 Å². The summed E-state index contributed by atoms with van der Waals surface area (Å²) in [7, 11) is 0. The molecule has 0 rings (SSSR count). The zero-order chi connectivity index (χ0) is 19.3. The second kappa shape index (κ2) is 13.3. The van der Waals surface area contributed by atoms with Crippen molar-refractivity contribution in [1.82, 2.24) is 0 Å². The number of rotatable bonds is 15. The number of hydrogen-bond donors (Lipinski definition) is 4. The van der Waals surface area contributed by atoms with Gasteiger partial charge < -0.3 is 20.4 Å². The van der Waals surface area contributed by atoms with E-state index in [2.05, 4.69) is 6.92 Å². The zero-order valence-electron chi connectivity index (χ0n) is 16.2. The summed E-state index contributed by atoms with van der Waals surface area (Å²) < 4.78 is 0. The molecule has 5 nitrogen and oxygen atoms in total. The molecular weight excluding hydrogens is 320 g/mol. The van der Waals surface area contributed by atoms with Crippen LogP contribution >= 0.6 is 0 Å². The van der Waals surface area contributed by atoms with E-state index in [1.54, 1.807) is 13.8 Å². The highest BCUT2D eigenvalue weighted by molar-refractivity contribution is 5.73. The van der Waals surface area contributed by atoms with Gasteiger partial charge in [-0.15, -0.1) is 0 Å². The largest absolute Gasteiger partial charge is 0.481 e. The third-order valence-electron chi connectivity index (χ3n) is 4.67. The van der Waals surface area contributed by atoms with Crippen molar-refractivity contribution in [3.05, 3.63) is 12.2 Å². The minimum atomic E-state index is -1.09. The first-order valence-electron chi connectivity index (χ1n) is 9.66. The fourth-order valence-electron chi connectivity index (χ4n) is 2.56. The molecule has 3 unspecified atom stereocenters. The van der Waals surface area contributed by atoms with Crippen molar-refractivity contribution in [2.45, 2.75) is 103 Å². The second-order valence-corrected chi connectivity index (χ2v) is 7.65. The fourth-order valence-corrected chi connectivity index (χ4v) is 2.56. The monoisotopic (exact) mass is 358 g/mol. The number of carbonyl (C=O) groups is 1. The van der Waals surface area contributed by atoms with Crippen LogP contribution in [0.2, 0.25) is 0 Å². The summed E-state index contributed by atoms with van der Waals surface area (Å²) in [5, 5.41) is 38.8. The highest BCUT2D eigenvalue weighted by atomic mass is 16.4. The molecule has 0 aromatic rings.